The lowest BCUT2D eigenvalue weighted by molar-refractivity contribution is 0.391. The maximum absolute atomic E-state index is 5.75. The normalized spacial score (nSPS) is 12.9. The van der Waals surface area contributed by atoms with Gasteiger partial charge in [-0.05, 0) is 42.5 Å². The van der Waals surface area contributed by atoms with Crippen molar-refractivity contribution in [1.29, 1.82) is 0 Å². The Hall–Kier alpha value is -1.02. The van der Waals surface area contributed by atoms with Crippen LogP contribution in [0.5, 0.6) is 5.75 Å². The zero-order valence-corrected chi connectivity index (χ0v) is 9.86. The Morgan fingerprint density at radius 2 is 1.80 bits per heavy atom. The Kier molecular flexibility index (Phi) is 4.63. The second kappa shape index (κ2) is 5.76. The van der Waals surface area contributed by atoms with Gasteiger partial charge in [-0.1, -0.05) is 26.0 Å². The molecule has 2 heteroatoms. The van der Waals surface area contributed by atoms with E-state index in [2.05, 4.69) is 26.0 Å². The van der Waals surface area contributed by atoms with Crippen LogP contribution in [0.25, 0.3) is 0 Å². The smallest absolute Gasteiger partial charge is 0.118 e. The Balaban J connectivity index is 2.63. The number of benzene rings is 1. The van der Waals surface area contributed by atoms with Crippen LogP contribution in [0.4, 0.5) is 0 Å². The van der Waals surface area contributed by atoms with Gasteiger partial charge in [0.1, 0.15) is 5.75 Å². The molecule has 0 heterocycles. The lowest BCUT2D eigenvalue weighted by Crippen LogP contribution is -2.22. The van der Waals surface area contributed by atoms with Gasteiger partial charge < -0.3 is 10.5 Å². The molecule has 0 radical (unpaired) electrons. The van der Waals surface area contributed by atoms with Crippen molar-refractivity contribution in [3.05, 3.63) is 29.8 Å². The molecule has 0 spiro atoms. The average Bonchev–Trinajstić information content (AvgIpc) is 2.26. The van der Waals surface area contributed by atoms with Gasteiger partial charge in [0.05, 0.1) is 7.11 Å². The number of rotatable bonds is 5. The van der Waals surface area contributed by atoms with Gasteiger partial charge in [-0.2, -0.15) is 0 Å². The van der Waals surface area contributed by atoms with Crippen molar-refractivity contribution in [2.75, 3.05) is 13.7 Å². The van der Waals surface area contributed by atoms with E-state index in [0.29, 0.717) is 11.8 Å². The van der Waals surface area contributed by atoms with Crippen LogP contribution in [0.15, 0.2) is 24.3 Å². The number of nitrogens with two attached hydrogens (primary N) is 1. The molecule has 1 rings (SSSR count). The molecule has 0 aliphatic rings. The molecule has 1 aromatic carbocycles. The Bertz CT molecular complexity index is 279. The SMILES string of the molecule is COc1ccc(CC(CN)C(C)C)cc1. The minimum Gasteiger partial charge on any atom is -0.497 e. The number of ether oxygens (including phenoxy) is 1. The fourth-order valence-electron chi connectivity index (χ4n) is 1.66. The van der Waals surface area contributed by atoms with Crippen molar-refractivity contribution in [1.82, 2.24) is 0 Å². The van der Waals surface area contributed by atoms with Gasteiger partial charge in [0.2, 0.25) is 0 Å². The highest BCUT2D eigenvalue weighted by molar-refractivity contribution is 5.27. The molecule has 0 aliphatic carbocycles. The third kappa shape index (κ3) is 3.56. The van der Waals surface area contributed by atoms with Crippen LogP contribution in [-0.2, 0) is 6.42 Å². The molecular formula is C13H21NO. The first-order valence-electron chi connectivity index (χ1n) is 5.50. The summed E-state index contributed by atoms with van der Waals surface area (Å²) in [5.41, 5.74) is 7.09. The van der Waals surface area contributed by atoms with Crippen molar-refractivity contribution < 1.29 is 4.74 Å². The van der Waals surface area contributed by atoms with E-state index >= 15 is 0 Å². The van der Waals surface area contributed by atoms with E-state index in [9.17, 15) is 0 Å². The zero-order valence-electron chi connectivity index (χ0n) is 9.86. The molecule has 0 aromatic heterocycles. The van der Waals surface area contributed by atoms with E-state index in [1.165, 1.54) is 5.56 Å². The van der Waals surface area contributed by atoms with E-state index in [1.54, 1.807) is 7.11 Å². The molecule has 1 unspecified atom stereocenters. The first-order valence-corrected chi connectivity index (χ1v) is 5.50. The maximum Gasteiger partial charge on any atom is 0.118 e. The summed E-state index contributed by atoms with van der Waals surface area (Å²) >= 11 is 0. The van der Waals surface area contributed by atoms with Crippen molar-refractivity contribution in [2.45, 2.75) is 20.3 Å². The summed E-state index contributed by atoms with van der Waals surface area (Å²) in [5, 5.41) is 0. The van der Waals surface area contributed by atoms with Crippen LogP contribution < -0.4 is 10.5 Å². The molecule has 0 saturated carbocycles. The monoisotopic (exact) mass is 207 g/mol. The van der Waals surface area contributed by atoms with Gasteiger partial charge in [0, 0.05) is 0 Å². The second-order valence-electron chi connectivity index (χ2n) is 4.29. The standard InChI is InChI=1S/C13H21NO/c1-10(2)12(9-14)8-11-4-6-13(15-3)7-5-11/h4-7,10,12H,8-9,14H2,1-3H3. The summed E-state index contributed by atoms with van der Waals surface area (Å²) in [6, 6.07) is 8.24. The van der Waals surface area contributed by atoms with Gasteiger partial charge >= 0.3 is 0 Å². The minimum atomic E-state index is 0.568. The molecule has 0 bridgehead atoms. The molecule has 0 amide bonds. The van der Waals surface area contributed by atoms with Crippen molar-refractivity contribution in [3.8, 4) is 5.75 Å². The highest BCUT2D eigenvalue weighted by atomic mass is 16.5. The molecule has 2 nitrogen and oxygen atoms in total. The number of hydrogen-bond acceptors (Lipinski definition) is 2. The molecule has 1 aromatic rings. The van der Waals surface area contributed by atoms with Gasteiger partial charge in [-0.3, -0.25) is 0 Å². The van der Waals surface area contributed by atoms with Crippen LogP contribution in [0.1, 0.15) is 19.4 Å². The first-order chi connectivity index (χ1) is 7.17. The summed E-state index contributed by atoms with van der Waals surface area (Å²) < 4.78 is 5.12. The van der Waals surface area contributed by atoms with Gasteiger partial charge in [-0.15, -0.1) is 0 Å². The molecule has 2 N–H and O–H groups in total. The Labute approximate surface area is 92.4 Å². The molecule has 0 aliphatic heterocycles. The maximum atomic E-state index is 5.75. The highest BCUT2D eigenvalue weighted by Crippen LogP contribution is 2.18. The summed E-state index contributed by atoms with van der Waals surface area (Å²) in [6.07, 6.45) is 1.05. The lowest BCUT2D eigenvalue weighted by Gasteiger charge is -2.18. The van der Waals surface area contributed by atoms with Gasteiger partial charge in [0.25, 0.3) is 0 Å². The third-order valence-corrected chi connectivity index (χ3v) is 2.90. The molecular weight excluding hydrogens is 186 g/mol. The fourth-order valence-corrected chi connectivity index (χ4v) is 1.66. The summed E-state index contributed by atoms with van der Waals surface area (Å²) in [5.74, 6) is 2.11. The van der Waals surface area contributed by atoms with Crippen molar-refractivity contribution in [2.24, 2.45) is 17.6 Å². The minimum absolute atomic E-state index is 0.568. The average molecular weight is 207 g/mol. The van der Waals surface area contributed by atoms with Crippen LogP contribution >= 0.6 is 0 Å². The largest absolute Gasteiger partial charge is 0.497 e. The molecule has 84 valence electrons. The Morgan fingerprint density at radius 1 is 1.20 bits per heavy atom. The van der Waals surface area contributed by atoms with Crippen molar-refractivity contribution >= 4 is 0 Å². The first kappa shape index (κ1) is 12.1. The van der Waals surface area contributed by atoms with Crippen LogP contribution in [0, 0.1) is 11.8 Å². The zero-order chi connectivity index (χ0) is 11.3. The predicted octanol–water partition coefficient (Wildman–Crippen LogP) is 2.47. The summed E-state index contributed by atoms with van der Waals surface area (Å²) in [4.78, 5) is 0. The lowest BCUT2D eigenvalue weighted by atomic mass is 9.89. The second-order valence-corrected chi connectivity index (χ2v) is 4.29. The summed E-state index contributed by atoms with van der Waals surface area (Å²) in [7, 11) is 1.69. The van der Waals surface area contributed by atoms with Gasteiger partial charge in [0.15, 0.2) is 0 Å². The van der Waals surface area contributed by atoms with Crippen LogP contribution in [0.3, 0.4) is 0 Å². The quantitative estimate of drug-likeness (QED) is 0.805. The predicted molar refractivity (Wildman–Crippen MR) is 64.1 cm³/mol. The van der Waals surface area contributed by atoms with Gasteiger partial charge in [-0.25, -0.2) is 0 Å². The van der Waals surface area contributed by atoms with Crippen molar-refractivity contribution in [3.63, 3.8) is 0 Å². The fraction of sp³-hybridized carbons (Fsp3) is 0.538. The van der Waals surface area contributed by atoms with Crippen LogP contribution in [0.2, 0.25) is 0 Å². The third-order valence-electron chi connectivity index (χ3n) is 2.90. The van der Waals surface area contributed by atoms with Crippen LogP contribution in [-0.4, -0.2) is 13.7 Å². The molecule has 0 saturated heterocycles. The number of hydrogen-bond donors (Lipinski definition) is 1. The van der Waals surface area contributed by atoms with E-state index in [0.717, 1.165) is 18.7 Å². The topological polar surface area (TPSA) is 35.2 Å². The molecule has 0 fully saturated rings. The van der Waals surface area contributed by atoms with E-state index in [4.69, 9.17) is 10.5 Å². The number of methoxy groups -OCH3 is 1. The van der Waals surface area contributed by atoms with E-state index in [1.807, 2.05) is 12.1 Å². The molecule has 15 heavy (non-hydrogen) atoms. The van der Waals surface area contributed by atoms with E-state index in [-0.39, 0.29) is 0 Å². The highest BCUT2D eigenvalue weighted by Gasteiger charge is 2.11. The van der Waals surface area contributed by atoms with E-state index < -0.39 is 0 Å². The Morgan fingerprint density at radius 3 is 2.20 bits per heavy atom. The summed E-state index contributed by atoms with van der Waals surface area (Å²) in [6.45, 7) is 5.20. The molecule has 1 atom stereocenters.